The van der Waals surface area contributed by atoms with Crippen LogP contribution < -0.4 is 5.32 Å². The highest BCUT2D eigenvalue weighted by Gasteiger charge is 2.03. The van der Waals surface area contributed by atoms with Crippen molar-refractivity contribution in [2.75, 3.05) is 13.2 Å². The Balaban J connectivity index is 2.50. The Morgan fingerprint density at radius 2 is 2.38 bits per heavy atom. The Bertz CT molecular complexity index is 245. The summed E-state index contributed by atoms with van der Waals surface area (Å²) in [4.78, 5) is 4.08. The summed E-state index contributed by atoms with van der Waals surface area (Å²) in [5.74, 6) is 0. The lowest BCUT2D eigenvalue weighted by molar-refractivity contribution is 0.291. The molecule has 1 heterocycles. The van der Waals surface area contributed by atoms with Crippen LogP contribution in [0.4, 0.5) is 0 Å². The van der Waals surface area contributed by atoms with E-state index >= 15 is 0 Å². The van der Waals surface area contributed by atoms with Crippen molar-refractivity contribution in [3.63, 3.8) is 0 Å². The average molecular weight is 183 g/mol. The van der Waals surface area contributed by atoms with Crippen molar-refractivity contribution >= 4 is 0 Å². The minimum absolute atomic E-state index is 0.176. The second kappa shape index (κ2) is 4.99. The molecule has 2 N–H and O–H groups in total. The maximum atomic E-state index is 8.59. The molecule has 0 bridgehead atoms. The molecule has 74 valence electrons. The molecule has 0 saturated carbocycles. The van der Waals surface area contributed by atoms with E-state index < -0.39 is 0 Å². The van der Waals surface area contributed by atoms with Gasteiger partial charge in [0.25, 0.3) is 0 Å². The molecule has 0 radical (unpaired) electrons. The molecule has 0 aliphatic carbocycles. The zero-order valence-electron chi connectivity index (χ0n) is 8.20. The first-order valence-corrected chi connectivity index (χ1v) is 4.58. The van der Waals surface area contributed by atoms with Crippen LogP contribution in [0.3, 0.4) is 0 Å². The lowest BCUT2D eigenvalue weighted by Crippen LogP contribution is -2.20. The molecule has 4 heteroatoms. The van der Waals surface area contributed by atoms with E-state index in [2.05, 4.69) is 28.7 Å². The summed E-state index contributed by atoms with van der Waals surface area (Å²) in [6.07, 6.45) is 3.69. The molecule has 0 fully saturated rings. The lowest BCUT2D eigenvalue weighted by Gasteiger charge is -2.11. The Hall–Kier alpha value is -0.870. The predicted octanol–water partition coefficient (Wildman–Crippen LogP) is 0.546. The van der Waals surface area contributed by atoms with Gasteiger partial charge in [0.1, 0.15) is 0 Å². The normalized spacial score (nSPS) is 11.1. The van der Waals surface area contributed by atoms with E-state index in [0.717, 1.165) is 12.2 Å². The number of nitrogens with one attached hydrogen (secondary N) is 1. The van der Waals surface area contributed by atoms with Gasteiger partial charge >= 0.3 is 0 Å². The first-order chi connectivity index (χ1) is 6.25. The first kappa shape index (κ1) is 10.2. The molecule has 0 amide bonds. The number of aliphatic hydroxyl groups is 1. The molecule has 4 nitrogen and oxygen atoms in total. The molecule has 0 aliphatic rings. The summed E-state index contributed by atoms with van der Waals surface area (Å²) < 4.78 is 2.12. The topological polar surface area (TPSA) is 50.1 Å². The fourth-order valence-electron chi connectivity index (χ4n) is 1.23. The minimum Gasteiger partial charge on any atom is -0.395 e. The number of hydrogen-bond donors (Lipinski definition) is 2. The number of hydrogen-bond acceptors (Lipinski definition) is 3. The maximum Gasteiger partial charge on any atom is 0.0951 e. The Labute approximate surface area is 78.6 Å². The van der Waals surface area contributed by atoms with Gasteiger partial charge in [-0.2, -0.15) is 0 Å². The number of nitrogens with zero attached hydrogens (tertiary/aromatic N) is 2. The van der Waals surface area contributed by atoms with Gasteiger partial charge in [-0.15, -0.1) is 0 Å². The highest BCUT2D eigenvalue weighted by molar-refractivity contribution is 4.99. The van der Waals surface area contributed by atoms with Crippen molar-refractivity contribution in [3.8, 4) is 0 Å². The van der Waals surface area contributed by atoms with Crippen molar-refractivity contribution in [3.05, 3.63) is 18.2 Å². The van der Waals surface area contributed by atoms with Gasteiger partial charge in [0, 0.05) is 25.3 Å². The molecule has 1 rings (SSSR count). The van der Waals surface area contributed by atoms with E-state index in [-0.39, 0.29) is 6.61 Å². The van der Waals surface area contributed by atoms with E-state index in [1.54, 1.807) is 0 Å². The summed E-state index contributed by atoms with van der Waals surface area (Å²) in [6.45, 7) is 5.81. The van der Waals surface area contributed by atoms with E-state index in [4.69, 9.17) is 5.11 Å². The Morgan fingerprint density at radius 1 is 1.62 bits per heavy atom. The van der Waals surface area contributed by atoms with Crippen molar-refractivity contribution in [1.82, 2.24) is 14.9 Å². The van der Waals surface area contributed by atoms with Gasteiger partial charge in [-0.3, -0.25) is 0 Å². The second-order valence-electron chi connectivity index (χ2n) is 3.29. The largest absolute Gasteiger partial charge is 0.395 e. The summed E-state index contributed by atoms with van der Waals surface area (Å²) in [5, 5.41) is 11.7. The molecule has 0 unspecified atom stereocenters. The molecule has 0 atom stereocenters. The molecule has 1 aromatic rings. The second-order valence-corrected chi connectivity index (χ2v) is 3.29. The van der Waals surface area contributed by atoms with Gasteiger partial charge in [0.15, 0.2) is 0 Å². The van der Waals surface area contributed by atoms with Crippen molar-refractivity contribution < 1.29 is 5.11 Å². The first-order valence-electron chi connectivity index (χ1n) is 4.58. The van der Waals surface area contributed by atoms with E-state index in [0.29, 0.717) is 12.6 Å². The van der Waals surface area contributed by atoms with Crippen LogP contribution in [-0.2, 0) is 6.54 Å². The number of rotatable bonds is 5. The average Bonchev–Trinajstić information content (AvgIpc) is 2.53. The molecular weight excluding hydrogens is 166 g/mol. The third kappa shape index (κ3) is 2.82. The van der Waals surface area contributed by atoms with Crippen LogP contribution in [0, 0.1) is 0 Å². The van der Waals surface area contributed by atoms with E-state index in [1.807, 2.05) is 12.5 Å². The van der Waals surface area contributed by atoms with Crippen molar-refractivity contribution in [2.45, 2.75) is 26.4 Å². The standard InChI is InChI=1S/C9H17N3O/c1-8(2)12-7-11-6-9(12)5-10-3-4-13/h6-8,10,13H,3-5H2,1-2H3. The fourth-order valence-corrected chi connectivity index (χ4v) is 1.23. The van der Waals surface area contributed by atoms with Gasteiger partial charge < -0.3 is 15.0 Å². The summed E-state index contributed by atoms with van der Waals surface area (Å²) in [5.41, 5.74) is 1.16. The van der Waals surface area contributed by atoms with Crippen LogP contribution >= 0.6 is 0 Å². The molecule has 0 spiro atoms. The number of aliphatic hydroxyl groups excluding tert-OH is 1. The van der Waals surface area contributed by atoms with Gasteiger partial charge in [-0.05, 0) is 13.8 Å². The molecule has 0 aliphatic heterocycles. The highest BCUT2D eigenvalue weighted by atomic mass is 16.3. The predicted molar refractivity (Wildman–Crippen MR) is 51.4 cm³/mol. The zero-order chi connectivity index (χ0) is 9.68. The fraction of sp³-hybridized carbons (Fsp3) is 0.667. The van der Waals surface area contributed by atoms with Gasteiger partial charge in [-0.1, -0.05) is 0 Å². The van der Waals surface area contributed by atoms with Crippen LogP contribution in [0.1, 0.15) is 25.6 Å². The molecular formula is C9H17N3O. The summed E-state index contributed by atoms with van der Waals surface area (Å²) in [7, 11) is 0. The minimum atomic E-state index is 0.176. The molecule has 13 heavy (non-hydrogen) atoms. The quantitative estimate of drug-likeness (QED) is 0.655. The van der Waals surface area contributed by atoms with Gasteiger partial charge in [0.2, 0.25) is 0 Å². The van der Waals surface area contributed by atoms with E-state index in [1.165, 1.54) is 0 Å². The summed E-state index contributed by atoms with van der Waals surface area (Å²) >= 11 is 0. The smallest absolute Gasteiger partial charge is 0.0951 e. The number of aromatic nitrogens is 2. The molecule has 1 aromatic heterocycles. The Kier molecular flexibility index (Phi) is 3.92. The van der Waals surface area contributed by atoms with Crippen molar-refractivity contribution in [2.24, 2.45) is 0 Å². The highest BCUT2D eigenvalue weighted by Crippen LogP contribution is 2.07. The third-order valence-electron chi connectivity index (χ3n) is 1.90. The number of imidazole rings is 1. The molecule has 0 saturated heterocycles. The Morgan fingerprint density at radius 3 is 3.00 bits per heavy atom. The lowest BCUT2D eigenvalue weighted by atomic mass is 10.3. The van der Waals surface area contributed by atoms with E-state index in [9.17, 15) is 0 Å². The summed E-state index contributed by atoms with van der Waals surface area (Å²) in [6, 6.07) is 0.438. The van der Waals surface area contributed by atoms with Gasteiger partial charge in [0.05, 0.1) is 18.6 Å². The SMILES string of the molecule is CC(C)n1cncc1CNCCO. The van der Waals surface area contributed by atoms with Crippen molar-refractivity contribution in [1.29, 1.82) is 0 Å². The maximum absolute atomic E-state index is 8.59. The third-order valence-corrected chi connectivity index (χ3v) is 1.90. The van der Waals surface area contributed by atoms with Crippen LogP contribution in [0.2, 0.25) is 0 Å². The van der Waals surface area contributed by atoms with Crippen LogP contribution in [-0.4, -0.2) is 27.8 Å². The van der Waals surface area contributed by atoms with Crippen LogP contribution in [0.5, 0.6) is 0 Å². The van der Waals surface area contributed by atoms with Crippen LogP contribution in [0.15, 0.2) is 12.5 Å². The zero-order valence-corrected chi connectivity index (χ0v) is 8.20. The molecule has 0 aromatic carbocycles. The van der Waals surface area contributed by atoms with Gasteiger partial charge in [-0.25, -0.2) is 4.98 Å². The van der Waals surface area contributed by atoms with Crippen LogP contribution in [0.25, 0.3) is 0 Å². The monoisotopic (exact) mass is 183 g/mol.